The fourth-order valence-corrected chi connectivity index (χ4v) is 3.11. The zero-order valence-corrected chi connectivity index (χ0v) is 19.6. The first-order chi connectivity index (χ1) is 16.3. The van der Waals surface area contributed by atoms with Gasteiger partial charge in [0.1, 0.15) is 11.5 Å². The standard InChI is InChI=1S/C26H25ClN2O5/c1-17-7-10-21(15-18(17)2)34-20-11-8-19(9-12-20)28-24(30)13-14-26(32)33-16-25(31)29-23-6-4-3-5-22(23)27/h3-12,15H,13-14,16H2,1-2H3,(H,28,30)(H,29,31). The van der Waals surface area contributed by atoms with Gasteiger partial charge in [0.25, 0.3) is 5.91 Å². The number of benzene rings is 3. The molecule has 2 amide bonds. The molecule has 34 heavy (non-hydrogen) atoms. The molecule has 0 aliphatic rings. The third kappa shape index (κ3) is 7.64. The van der Waals surface area contributed by atoms with Crippen LogP contribution in [0.15, 0.2) is 66.7 Å². The molecule has 0 unspecified atom stereocenters. The van der Waals surface area contributed by atoms with Crippen molar-refractivity contribution in [3.63, 3.8) is 0 Å². The topological polar surface area (TPSA) is 93.7 Å². The Kier molecular flexibility index (Phi) is 8.65. The van der Waals surface area contributed by atoms with Gasteiger partial charge in [0, 0.05) is 12.1 Å². The van der Waals surface area contributed by atoms with E-state index in [1.54, 1.807) is 48.5 Å². The van der Waals surface area contributed by atoms with E-state index in [1.165, 1.54) is 5.56 Å². The maximum absolute atomic E-state index is 12.1. The molecule has 8 heteroatoms. The molecule has 0 saturated carbocycles. The molecule has 3 aromatic carbocycles. The molecule has 0 bridgehead atoms. The van der Waals surface area contributed by atoms with Gasteiger partial charge in [0.05, 0.1) is 17.1 Å². The van der Waals surface area contributed by atoms with Gasteiger partial charge in [-0.3, -0.25) is 14.4 Å². The van der Waals surface area contributed by atoms with E-state index in [9.17, 15) is 14.4 Å². The Morgan fingerprint density at radius 1 is 0.794 bits per heavy atom. The van der Waals surface area contributed by atoms with Crippen LogP contribution < -0.4 is 15.4 Å². The number of carbonyl (C=O) groups is 3. The maximum atomic E-state index is 12.1. The smallest absolute Gasteiger partial charge is 0.306 e. The average molecular weight is 481 g/mol. The Bertz CT molecular complexity index is 1180. The summed E-state index contributed by atoms with van der Waals surface area (Å²) in [5.41, 5.74) is 3.33. The van der Waals surface area contributed by atoms with Crippen LogP contribution >= 0.6 is 11.6 Å². The molecule has 0 aromatic heterocycles. The summed E-state index contributed by atoms with van der Waals surface area (Å²) in [6, 6.07) is 19.5. The van der Waals surface area contributed by atoms with Gasteiger partial charge in [0.2, 0.25) is 5.91 Å². The second-order valence-corrected chi connectivity index (χ2v) is 8.02. The summed E-state index contributed by atoms with van der Waals surface area (Å²) in [5, 5.41) is 5.64. The number of anilines is 2. The van der Waals surface area contributed by atoms with Crippen LogP contribution in [0.1, 0.15) is 24.0 Å². The number of nitrogens with one attached hydrogen (secondary N) is 2. The van der Waals surface area contributed by atoms with Crippen LogP contribution in [0.5, 0.6) is 11.5 Å². The molecule has 176 valence electrons. The Labute approximate surface area is 203 Å². The van der Waals surface area contributed by atoms with Gasteiger partial charge in [-0.15, -0.1) is 0 Å². The number of carbonyl (C=O) groups excluding carboxylic acids is 3. The number of ether oxygens (including phenoxy) is 2. The first kappa shape index (κ1) is 24.8. The first-order valence-corrected chi connectivity index (χ1v) is 11.0. The minimum absolute atomic E-state index is 0.0775. The number of rotatable bonds is 9. The highest BCUT2D eigenvalue weighted by molar-refractivity contribution is 6.33. The van der Waals surface area contributed by atoms with Crippen LogP contribution in [0.4, 0.5) is 11.4 Å². The molecular weight excluding hydrogens is 456 g/mol. The molecular formula is C26H25ClN2O5. The van der Waals surface area contributed by atoms with Crippen LogP contribution in [0.25, 0.3) is 0 Å². The molecule has 7 nitrogen and oxygen atoms in total. The summed E-state index contributed by atoms with van der Waals surface area (Å²) >= 11 is 5.96. The highest BCUT2D eigenvalue weighted by Gasteiger charge is 2.12. The number of esters is 1. The second kappa shape index (κ2) is 11.9. The van der Waals surface area contributed by atoms with Crippen LogP contribution in [0.3, 0.4) is 0 Å². The minimum Gasteiger partial charge on any atom is -0.457 e. The van der Waals surface area contributed by atoms with E-state index in [0.717, 1.165) is 11.3 Å². The van der Waals surface area contributed by atoms with Crippen molar-refractivity contribution in [2.75, 3.05) is 17.2 Å². The summed E-state index contributed by atoms with van der Waals surface area (Å²) in [6.45, 7) is 3.59. The molecule has 0 fully saturated rings. The molecule has 0 spiro atoms. The van der Waals surface area contributed by atoms with E-state index in [1.807, 2.05) is 32.0 Å². The lowest BCUT2D eigenvalue weighted by Crippen LogP contribution is -2.22. The maximum Gasteiger partial charge on any atom is 0.306 e. The monoisotopic (exact) mass is 480 g/mol. The largest absolute Gasteiger partial charge is 0.457 e. The molecule has 0 aliphatic carbocycles. The van der Waals surface area contributed by atoms with Crippen molar-refractivity contribution in [3.8, 4) is 11.5 Å². The Morgan fingerprint density at radius 2 is 1.50 bits per heavy atom. The van der Waals surface area contributed by atoms with Gasteiger partial charge < -0.3 is 20.1 Å². The van der Waals surface area contributed by atoms with Crippen molar-refractivity contribution in [3.05, 3.63) is 82.9 Å². The van der Waals surface area contributed by atoms with Crippen LogP contribution in [0, 0.1) is 13.8 Å². The lowest BCUT2D eigenvalue weighted by Gasteiger charge is -2.10. The first-order valence-electron chi connectivity index (χ1n) is 10.6. The summed E-state index contributed by atoms with van der Waals surface area (Å²) in [6.07, 6.45) is -0.231. The Hall–Kier alpha value is -3.84. The second-order valence-electron chi connectivity index (χ2n) is 7.61. The van der Waals surface area contributed by atoms with Gasteiger partial charge in [-0.2, -0.15) is 0 Å². The van der Waals surface area contributed by atoms with Crippen molar-refractivity contribution in [2.24, 2.45) is 0 Å². The molecule has 0 saturated heterocycles. The quantitative estimate of drug-likeness (QED) is 0.386. The van der Waals surface area contributed by atoms with E-state index in [4.69, 9.17) is 21.1 Å². The summed E-state index contributed by atoms with van der Waals surface area (Å²) < 4.78 is 10.7. The van der Waals surface area contributed by atoms with E-state index in [-0.39, 0.29) is 18.7 Å². The number of para-hydroxylation sites is 1. The third-order valence-corrected chi connectivity index (χ3v) is 5.25. The molecule has 3 rings (SSSR count). The van der Waals surface area contributed by atoms with E-state index in [0.29, 0.717) is 22.1 Å². The summed E-state index contributed by atoms with van der Waals surface area (Å²) in [5.74, 6) is -0.144. The van der Waals surface area contributed by atoms with Gasteiger partial charge in [-0.25, -0.2) is 0 Å². The number of aryl methyl sites for hydroxylation is 2. The lowest BCUT2D eigenvalue weighted by molar-refractivity contribution is -0.147. The van der Waals surface area contributed by atoms with E-state index in [2.05, 4.69) is 10.6 Å². The van der Waals surface area contributed by atoms with Gasteiger partial charge in [-0.05, 0) is 73.5 Å². The number of hydrogen-bond donors (Lipinski definition) is 2. The van der Waals surface area contributed by atoms with Gasteiger partial charge in [0.15, 0.2) is 6.61 Å². The van der Waals surface area contributed by atoms with Crippen LogP contribution in [-0.4, -0.2) is 24.4 Å². The molecule has 3 aromatic rings. The van der Waals surface area contributed by atoms with Crippen molar-refractivity contribution >= 4 is 40.8 Å². The van der Waals surface area contributed by atoms with Gasteiger partial charge >= 0.3 is 5.97 Å². The molecule has 2 N–H and O–H groups in total. The molecule has 0 aliphatic heterocycles. The lowest BCUT2D eigenvalue weighted by atomic mass is 10.1. The predicted molar refractivity (Wildman–Crippen MR) is 131 cm³/mol. The molecule has 0 radical (unpaired) electrons. The van der Waals surface area contributed by atoms with Crippen molar-refractivity contribution in [1.82, 2.24) is 0 Å². The van der Waals surface area contributed by atoms with E-state index >= 15 is 0 Å². The number of hydrogen-bond acceptors (Lipinski definition) is 5. The highest BCUT2D eigenvalue weighted by atomic mass is 35.5. The minimum atomic E-state index is -0.651. The average Bonchev–Trinajstić information content (AvgIpc) is 2.81. The predicted octanol–water partition coefficient (Wildman–Crippen LogP) is 5.65. The SMILES string of the molecule is Cc1ccc(Oc2ccc(NC(=O)CCC(=O)OCC(=O)Nc3ccccc3Cl)cc2)cc1C. The highest BCUT2D eigenvalue weighted by Crippen LogP contribution is 2.25. The zero-order chi connectivity index (χ0) is 24.5. The van der Waals surface area contributed by atoms with Crippen molar-refractivity contribution in [1.29, 1.82) is 0 Å². The Balaban J connectivity index is 1.38. The summed E-state index contributed by atoms with van der Waals surface area (Å²) in [4.78, 5) is 35.9. The van der Waals surface area contributed by atoms with Crippen LogP contribution in [-0.2, 0) is 19.1 Å². The van der Waals surface area contributed by atoms with Crippen molar-refractivity contribution < 1.29 is 23.9 Å². The molecule has 0 heterocycles. The number of halogens is 1. The zero-order valence-electron chi connectivity index (χ0n) is 18.9. The number of amides is 2. The summed E-state index contributed by atoms with van der Waals surface area (Å²) in [7, 11) is 0. The molecule has 0 atom stereocenters. The van der Waals surface area contributed by atoms with Crippen LogP contribution in [0.2, 0.25) is 5.02 Å². The fourth-order valence-electron chi connectivity index (χ4n) is 2.93. The third-order valence-electron chi connectivity index (χ3n) is 4.92. The normalized spacial score (nSPS) is 10.3. The fraction of sp³-hybridized carbons (Fsp3) is 0.192. The van der Waals surface area contributed by atoms with Crippen molar-refractivity contribution in [2.45, 2.75) is 26.7 Å². The van der Waals surface area contributed by atoms with E-state index < -0.39 is 18.5 Å². The van der Waals surface area contributed by atoms with Gasteiger partial charge in [-0.1, -0.05) is 29.8 Å². The Morgan fingerprint density at radius 3 is 2.21 bits per heavy atom.